The topological polar surface area (TPSA) is 23.9 Å². The molecule has 0 atom stereocenters. The highest BCUT2D eigenvalue weighted by Gasteiger charge is 2.14. The maximum atomic E-state index is 7.12. The molecule has 14 heavy (non-hydrogen) atoms. The van der Waals surface area contributed by atoms with Crippen LogP contribution < -0.4 is 0 Å². The smallest absolute Gasteiger partial charge is 0.0551 e. The third kappa shape index (κ3) is 1.62. The van der Waals surface area contributed by atoms with E-state index >= 15 is 0 Å². The highest BCUT2D eigenvalue weighted by Crippen LogP contribution is 2.35. The van der Waals surface area contributed by atoms with E-state index in [0.717, 1.165) is 12.8 Å². The predicted octanol–water partition coefficient (Wildman–Crippen LogP) is 3.70. The Bertz CT molecular complexity index is 393. The van der Waals surface area contributed by atoms with Gasteiger partial charge in [-0.05, 0) is 41.4 Å². The number of nitrogens with one attached hydrogen (secondary N) is 1. The van der Waals surface area contributed by atoms with Crippen molar-refractivity contribution >= 4 is 22.9 Å². The summed E-state index contributed by atoms with van der Waals surface area (Å²) in [7, 11) is 0. The third-order valence-electron chi connectivity index (χ3n) is 2.66. The van der Waals surface area contributed by atoms with E-state index in [4.69, 9.17) is 5.41 Å². The minimum atomic E-state index is 1.09. The molecule has 1 N–H and O–H groups in total. The average molecular weight is 203 g/mol. The van der Waals surface area contributed by atoms with Crippen molar-refractivity contribution in [2.45, 2.75) is 19.8 Å². The van der Waals surface area contributed by atoms with Crippen molar-refractivity contribution in [3.05, 3.63) is 40.3 Å². The van der Waals surface area contributed by atoms with Gasteiger partial charge in [0.1, 0.15) is 0 Å². The third-order valence-corrected chi connectivity index (χ3v) is 3.57. The largest absolute Gasteiger partial charge is 0.302 e. The first-order chi connectivity index (χ1) is 6.83. The molecule has 1 aliphatic carbocycles. The van der Waals surface area contributed by atoms with Crippen molar-refractivity contribution in [1.82, 2.24) is 0 Å². The number of thioether (sulfide) groups is 1. The van der Waals surface area contributed by atoms with Crippen LogP contribution in [0.4, 0.5) is 0 Å². The molecule has 0 aromatic heterocycles. The van der Waals surface area contributed by atoms with Crippen molar-refractivity contribution in [2.75, 3.05) is 0 Å². The Balaban J connectivity index is 2.45. The van der Waals surface area contributed by atoms with Gasteiger partial charge in [-0.1, -0.05) is 36.0 Å². The summed E-state index contributed by atoms with van der Waals surface area (Å²) in [5, 5.41) is 7.12. The minimum Gasteiger partial charge on any atom is -0.302 e. The maximum absolute atomic E-state index is 7.12. The van der Waals surface area contributed by atoms with Crippen molar-refractivity contribution < 1.29 is 0 Å². The second-order valence-electron chi connectivity index (χ2n) is 3.44. The van der Waals surface area contributed by atoms with Crippen LogP contribution in [0.15, 0.2) is 29.2 Å². The molecule has 0 amide bonds. The van der Waals surface area contributed by atoms with E-state index in [1.807, 2.05) is 0 Å². The lowest BCUT2D eigenvalue weighted by molar-refractivity contribution is 0.963. The summed E-state index contributed by atoms with van der Waals surface area (Å²) < 4.78 is 0. The Morgan fingerprint density at radius 1 is 1.29 bits per heavy atom. The zero-order valence-corrected chi connectivity index (χ0v) is 9.03. The molecule has 72 valence electrons. The highest BCUT2D eigenvalue weighted by atomic mass is 32.2. The lowest BCUT2D eigenvalue weighted by Gasteiger charge is -2.19. The fourth-order valence-electron chi connectivity index (χ4n) is 1.91. The van der Waals surface area contributed by atoms with Crippen molar-refractivity contribution in [1.29, 1.82) is 5.41 Å². The summed E-state index contributed by atoms with van der Waals surface area (Å²) in [6.07, 6.45) is 2.20. The SMILES string of the molecule is CC1=C(SC=N)CCc2ccccc21. The van der Waals surface area contributed by atoms with E-state index in [2.05, 4.69) is 31.2 Å². The Kier molecular flexibility index (Phi) is 2.73. The van der Waals surface area contributed by atoms with Crippen molar-refractivity contribution in [3.8, 4) is 0 Å². The summed E-state index contributed by atoms with van der Waals surface area (Å²) in [5.41, 5.74) is 5.58. The summed E-state index contributed by atoms with van der Waals surface area (Å²) in [6.45, 7) is 2.16. The van der Waals surface area contributed by atoms with Crippen LogP contribution in [0.5, 0.6) is 0 Å². The number of benzene rings is 1. The zero-order chi connectivity index (χ0) is 9.97. The molecule has 0 saturated heterocycles. The van der Waals surface area contributed by atoms with E-state index in [0.29, 0.717) is 0 Å². The first kappa shape index (κ1) is 9.53. The fraction of sp³-hybridized carbons (Fsp3) is 0.250. The maximum Gasteiger partial charge on any atom is 0.0551 e. The predicted molar refractivity (Wildman–Crippen MR) is 63.7 cm³/mol. The van der Waals surface area contributed by atoms with Gasteiger partial charge in [-0.2, -0.15) is 0 Å². The lowest BCUT2D eigenvalue weighted by atomic mass is 9.92. The van der Waals surface area contributed by atoms with Gasteiger partial charge in [0, 0.05) is 0 Å². The highest BCUT2D eigenvalue weighted by molar-refractivity contribution is 8.15. The molecule has 2 rings (SSSR count). The molecule has 1 aliphatic rings. The molecule has 2 heteroatoms. The average Bonchev–Trinajstić information content (AvgIpc) is 2.23. The van der Waals surface area contributed by atoms with Crippen LogP contribution in [0.3, 0.4) is 0 Å². The Labute approximate surface area is 88.7 Å². The van der Waals surface area contributed by atoms with Gasteiger partial charge in [-0.3, -0.25) is 0 Å². The van der Waals surface area contributed by atoms with Crippen molar-refractivity contribution in [3.63, 3.8) is 0 Å². The quantitative estimate of drug-likeness (QED) is 0.575. The normalized spacial score (nSPS) is 15.2. The fourth-order valence-corrected chi connectivity index (χ4v) is 2.56. The van der Waals surface area contributed by atoms with E-state index in [1.165, 1.54) is 27.2 Å². The van der Waals surface area contributed by atoms with Gasteiger partial charge in [0.2, 0.25) is 0 Å². The number of allylic oxidation sites excluding steroid dienone is 2. The molecule has 0 unspecified atom stereocenters. The summed E-state index contributed by atoms with van der Waals surface area (Å²) in [5.74, 6) is 0. The van der Waals surface area contributed by atoms with Gasteiger partial charge in [0.05, 0.1) is 5.55 Å². The number of aryl methyl sites for hydroxylation is 1. The zero-order valence-electron chi connectivity index (χ0n) is 8.21. The lowest BCUT2D eigenvalue weighted by Crippen LogP contribution is -2.01. The van der Waals surface area contributed by atoms with Crippen LogP contribution in [0.25, 0.3) is 5.57 Å². The van der Waals surface area contributed by atoms with Crippen molar-refractivity contribution in [2.24, 2.45) is 0 Å². The summed E-state index contributed by atoms with van der Waals surface area (Å²) >= 11 is 1.55. The van der Waals surface area contributed by atoms with Gasteiger partial charge in [-0.25, -0.2) is 0 Å². The molecule has 0 aliphatic heterocycles. The number of hydrogen-bond donors (Lipinski definition) is 1. The molecule has 1 aromatic carbocycles. The van der Waals surface area contributed by atoms with Gasteiger partial charge >= 0.3 is 0 Å². The number of hydrogen-bond acceptors (Lipinski definition) is 2. The Morgan fingerprint density at radius 3 is 2.86 bits per heavy atom. The van der Waals surface area contributed by atoms with E-state index in [-0.39, 0.29) is 0 Å². The first-order valence-electron chi connectivity index (χ1n) is 4.76. The monoisotopic (exact) mass is 203 g/mol. The van der Waals surface area contributed by atoms with Gasteiger partial charge in [0.25, 0.3) is 0 Å². The standard InChI is InChI=1S/C12H13NS/c1-9-11-5-3-2-4-10(11)6-7-12(9)14-8-13/h2-5,8,13H,6-7H2,1H3. The van der Waals surface area contributed by atoms with E-state index in [9.17, 15) is 0 Å². The van der Waals surface area contributed by atoms with Crippen LogP contribution in [0.2, 0.25) is 0 Å². The molecule has 0 bridgehead atoms. The number of fused-ring (bicyclic) bond motifs is 1. The van der Waals surface area contributed by atoms with Crippen LogP contribution in [0.1, 0.15) is 24.5 Å². The van der Waals surface area contributed by atoms with Gasteiger partial charge < -0.3 is 5.41 Å². The second-order valence-corrected chi connectivity index (χ2v) is 4.41. The van der Waals surface area contributed by atoms with Crippen LogP contribution in [-0.4, -0.2) is 5.55 Å². The first-order valence-corrected chi connectivity index (χ1v) is 5.64. The van der Waals surface area contributed by atoms with Crippen LogP contribution in [-0.2, 0) is 6.42 Å². The van der Waals surface area contributed by atoms with Gasteiger partial charge in [-0.15, -0.1) is 0 Å². The van der Waals surface area contributed by atoms with E-state index < -0.39 is 0 Å². The Hall–Kier alpha value is -1.02. The molecule has 0 fully saturated rings. The van der Waals surface area contributed by atoms with Crippen LogP contribution >= 0.6 is 11.8 Å². The molecule has 0 spiro atoms. The van der Waals surface area contributed by atoms with Crippen LogP contribution in [0, 0.1) is 5.41 Å². The molecule has 0 radical (unpaired) electrons. The molecule has 1 nitrogen and oxygen atoms in total. The summed E-state index contributed by atoms with van der Waals surface area (Å²) in [4.78, 5) is 1.35. The number of rotatable bonds is 2. The van der Waals surface area contributed by atoms with Gasteiger partial charge in [0.15, 0.2) is 0 Å². The molecular formula is C12H13NS. The Morgan fingerprint density at radius 2 is 2.07 bits per heavy atom. The summed E-state index contributed by atoms with van der Waals surface area (Å²) in [6, 6.07) is 8.56. The molecular weight excluding hydrogens is 190 g/mol. The second kappa shape index (κ2) is 4.01. The minimum absolute atomic E-state index is 1.09. The molecule has 1 aromatic rings. The molecule has 0 heterocycles. The van der Waals surface area contributed by atoms with E-state index in [1.54, 1.807) is 11.8 Å². The molecule has 0 saturated carbocycles.